The molecule has 0 bridgehead atoms. The van der Waals surface area contributed by atoms with Gasteiger partial charge in [0.15, 0.2) is 6.61 Å². The van der Waals surface area contributed by atoms with E-state index in [4.69, 9.17) is 16.3 Å². The third-order valence-corrected chi connectivity index (χ3v) is 5.05. The van der Waals surface area contributed by atoms with Gasteiger partial charge >= 0.3 is 5.97 Å². The summed E-state index contributed by atoms with van der Waals surface area (Å²) >= 11 is 5.80. The van der Waals surface area contributed by atoms with Gasteiger partial charge in [0.05, 0.1) is 11.4 Å². The average molecular weight is 420 g/mol. The Hall–Kier alpha value is -2.17. The molecule has 0 aromatic heterocycles. The summed E-state index contributed by atoms with van der Waals surface area (Å²) in [6.45, 7) is 2.34. The highest BCUT2D eigenvalue weighted by molar-refractivity contribution is 7.89. The lowest BCUT2D eigenvalue weighted by Gasteiger charge is -2.20. The van der Waals surface area contributed by atoms with Gasteiger partial charge in [0.1, 0.15) is 6.04 Å². The number of halogens is 1. The van der Waals surface area contributed by atoms with E-state index in [0.717, 1.165) is 0 Å². The number of rotatable bonds is 9. The highest BCUT2D eigenvalue weighted by Crippen LogP contribution is 2.17. The summed E-state index contributed by atoms with van der Waals surface area (Å²) in [7, 11) is -2.61. The molecule has 11 heteroatoms. The summed E-state index contributed by atoms with van der Waals surface area (Å²) in [5, 5.41) is 4.80. The van der Waals surface area contributed by atoms with E-state index in [2.05, 4.69) is 15.4 Å². The first-order valence-corrected chi connectivity index (χ1v) is 9.84. The maximum Gasteiger partial charge on any atom is 0.324 e. The van der Waals surface area contributed by atoms with Gasteiger partial charge in [-0.3, -0.25) is 14.4 Å². The Kier molecular flexibility index (Phi) is 8.67. The van der Waals surface area contributed by atoms with Crippen LogP contribution < -0.4 is 15.4 Å². The minimum atomic E-state index is -4.02. The summed E-state index contributed by atoms with van der Waals surface area (Å²) in [5.74, 6) is -2.46. The van der Waals surface area contributed by atoms with Gasteiger partial charge in [0.25, 0.3) is 5.91 Å². The lowest BCUT2D eigenvalue weighted by molar-refractivity contribution is -0.151. The molecule has 1 aromatic rings. The molecular formula is C16H22ClN3O6S. The van der Waals surface area contributed by atoms with Crippen molar-refractivity contribution in [2.24, 2.45) is 5.92 Å². The number of ether oxygens (including phenoxy) is 1. The molecule has 27 heavy (non-hydrogen) atoms. The van der Waals surface area contributed by atoms with Crippen LogP contribution >= 0.6 is 11.6 Å². The number of carbonyl (C=O) groups is 3. The van der Waals surface area contributed by atoms with E-state index in [1.54, 1.807) is 13.8 Å². The Labute approximate surface area is 162 Å². The second-order valence-electron chi connectivity index (χ2n) is 5.86. The predicted molar refractivity (Wildman–Crippen MR) is 98.4 cm³/mol. The molecule has 1 aromatic carbocycles. The lowest BCUT2D eigenvalue weighted by Crippen LogP contribution is -2.46. The largest absolute Gasteiger partial charge is 0.454 e. The molecule has 1 atom stereocenters. The maximum absolute atomic E-state index is 12.5. The van der Waals surface area contributed by atoms with E-state index < -0.39 is 46.4 Å². The van der Waals surface area contributed by atoms with Gasteiger partial charge < -0.3 is 15.4 Å². The van der Waals surface area contributed by atoms with Crippen LogP contribution in [0.5, 0.6) is 0 Å². The summed E-state index contributed by atoms with van der Waals surface area (Å²) in [5.41, 5.74) is 0. The molecule has 0 saturated heterocycles. The number of amides is 2. The molecular weight excluding hydrogens is 398 g/mol. The molecule has 150 valence electrons. The van der Waals surface area contributed by atoms with Crippen LogP contribution in [0.4, 0.5) is 0 Å². The van der Waals surface area contributed by atoms with Gasteiger partial charge in [-0.1, -0.05) is 31.5 Å². The summed E-state index contributed by atoms with van der Waals surface area (Å²) < 4.78 is 32.0. The fraction of sp³-hybridized carbons (Fsp3) is 0.438. The van der Waals surface area contributed by atoms with Crippen molar-refractivity contribution >= 4 is 39.4 Å². The van der Waals surface area contributed by atoms with E-state index in [0.29, 0.717) is 0 Å². The number of benzene rings is 1. The molecule has 1 rings (SSSR count). The number of nitrogens with one attached hydrogen (secondary N) is 3. The number of hydrogen-bond donors (Lipinski definition) is 3. The fourth-order valence-corrected chi connectivity index (χ4v) is 3.50. The van der Waals surface area contributed by atoms with Crippen LogP contribution in [0.1, 0.15) is 13.8 Å². The second kappa shape index (κ2) is 10.2. The smallest absolute Gasteiger partial charge is 0.324 e. The summed E-state index contributed by atoms with van der Waals surface area (Å²) in [6.07, 6.45) is 0. The first-order chi connectivity index (χ1) is 12.6. The Balaban J connectivity index is 2.73. The van der Waals surface area contributed by atoms with Crippen molar-refractivity contribution in [1.29, 1.82) is 0 Å². The number of hydrogen-bond acceptors (Lipinski definition) is 6. The Bertz CT molecular complexity index is 797. The highest BCUT2D eigenvalue weighted by Gasteiger charge is 2.30. The van der Waals surface area contributed by atoms with Gasteiger partial charge in [0, 0.05) is 12.1 Å². The normalized spacial score (nSPS) is 12.3. The number of likely N-dealkylation sites (N-methyl/N-ethyl adjacent to an activating group) is 1. The van der Waals surface area contributed by atoms with Crippen molar-refractivity contribution in [1.82, 2.24) is 15.4 Å². The van der Waals surface area contributed by atoms with Crippen molar-refractivity contribution < 1.29 is 27.5 Å². The first kappa shape index (κ1) is 22.9. The first-order valence-electron chi connectivity index (χ1n) is 7.98. The van der Waals surface area contributed by atoms with E-state index in [1.165, 1.54) is 31.3 Å². The standard InChI is InChI=1S/C16H22ClN3O6S/c1-10(2)15(16(23)26-9-14(22)19-8-13(21)18-3)20-27(24,25)12-6-4-5-11(17)7-12/h4-7,10,15,20H,8-9H2,1-3H3,(H,18,21)(H,19,22)/t15-/m0/s1. The van der Waals surface area contributed by atoms with Gasteiger partial charge in [-0.05, 0) is 24.1 Å². The minimum Gasteiger partial charge on any atom is -0.454 e. The van der Waals surface area contributed by atoms with Crippen molar-refractivity contribution in [3.05, 3.63) is 29.3 Å². The Morgan fingerprint density at radius 1 is 1.19 bits per heavy atom. The monoisotopic (exact) mass is 419 g/mol. The quantitative estimate of drug-likeness (QED) is 0.485. The molecule has 2 amide bonds. The summed E-state index contributed by atoms with van der Waals surface area (Å²) in [4.78, 5) is 34.8. The SMILES string of the molecule is CNC(=O)CNC(=O)COC(=O)[C@@H](NS(=O)(=O)c1cccc(Cl)c1)C(C)C. The molecule has 9 nitrogen and oxygen atoms in total. The van der Waals surface area contributed by atoms with Crippen LogP contribution in [0.25, 0.3) is 0 Å². The maximum atomic E-state index is 12.5. The van der Waals surface area contributed by atoms with Crippen LogP contribution in [0, 0.1) is 5.92 Å². The molecule has 0 radical (unpaired) electrons. The van der Waals surface area contributed by atoms with Gasteiger partial charge in [-0.2, -0.15) is 4.72 Å². The molecule has 0 aliphatic carbocycles. The van der Waals surface area contributed by atoms with E-state index >= 15 is 0 Å². The molecule has 0 aliphatic rings. The summed E-state index contributed by atoms with van der Waals surface area (Å²) in [6, 6.07) is 4.37. The van der Waals surface area contributed by atoms with Gasteiger partial charge in [-0.15, -0.1) is 0 Å². The van der Waals surface area contributed by atoms with Crippen molar-refractivity contribution in [3.63, 3.8) is 0 Å². The Morgan fingerprint density at radius 3 is 2.41 bits per heavy atom. The fourth-order valence-electron chi connectivity index (χ4n) is 1.87. The van der Waals surface area contributed by atoms with Crippen LogP contribution in [0.15, 0.2) is 29.2 Å². The lowest BCUT2D eigenvalue weighted by atomic mass is 10.1. The van der Waals surface area contributed by atoms with Gasteiger partial charge in [0.2, 0.25) is 15.9 Å². The van der Waals surface area contributed by atoms with Crippen molar-refractivity contribution in [2.75, 3.05) is 20.2 Å². The highest BCUT2D eigenvalue weighted by atomic mass is 35.5. The molecule has 0 aliphatic heterocycles. The zero-order valence-electron chi connectivity index (χ0n) is 15.1. The second-order valence-corrected chi connectivity index (χ2v) is 8.01. The molecule has 0 saturated carbocycles. The van der Waals surface area contributed by atoms with Crippen LogP contribution in [-0.2, 0) is 29.1 Å². The minimum absolute atomic E-state index is 0.100. The predicted octanol–water partition coefficient (Wildman–Crippen LogP) is 0.0483. The van der Waals surface area contributed by atoms with Crippen molar-refractivity contribution in [3.8, 4) is 0 Å². The third kappa shape index (κ3) is 7.53. The van der Waals surface area contributed by atoms with E-state index in [9.17, 15) is 22.8 Å². The number of esters is 1. The number of carbonyl (C=O) groups excluding carboxylic acids is 3. The van der Waals surface area contributed by atoms with Gasteiger partial charge in [-0.25, -0.2) is 8.42 Å². The van der Waals surface area contributed by atoms with E-state index in [-0.39, 0.29) is 16.5 Å². The van der Waals surface area contributed by atoms with Crippen LogP contribution in [0.3, 0.4) is 0 Å². The van der Waals surface area contributed by atoms with Crippen LogP contribution in [-0.4, -0.2) is 52.4 Å². The molecule has 0 heterocycles. The van der Waals surface area contributed by atoms with Crippen molar-refractivity contribution in [2.45, 2.75) is 24.8 Å². The third-order valence-electron chi connectivity index (χ3n) is 3.38. The molecule has 0 fully saturated rings. The molecule has 0 spiro atoms. The zero-order chi connectivity index (χ0) is 20.6. The van der Waals surface area contributed by atoms with Crippen LogP contribution in [0.2, 0.25) is 5.02 Å². The average Bonchev–Trinajstić information content (AvgIpc) is 2.61. The molecule has 0 unspecified atom stereocenters. The Morgan fingerprint density at radius 2 is 1.85 bits per heavy atom. The topological polar surface area (TPSA) is 131 Å². The molecule has 3 N–H and O–H groups in total. The zero-order valence-corrected chi connectivity index (χ0v) is 16.7. The van der Waals surface area contributed by atoms with E-state index in [1.807, 2.05) is 0 Å². The number of sulfonamides is 1.